The fraction of sp³-hybridized carbons (Fsp3) is 0.714. The molecule has 4 heterocycles. The van der Waals surface area contributed by atoms with Crippen LogP contribution in [0.5, 0.6) is 0 Å². The number of epoxide rings is 1. The summed E-state index contributed by atoms with van der Waals surface area (Å²) in [5.74, 6) is -3.02. The summed E-state index contributed by atoms with van der Waals surface area (Å²) in [4.78, 5) is 25.0. The second kappa shape index (κ2) is 8.24. The maximum absolute atomic E-state index is 12.5. The molecule has 13 nitrogen and oxygen atoms in total. The summed E-state index contributed by atoms with van der Waals surface area (Å²) in [5.41, 5.74) is -1.32. The Morgan fingerprint density at radius 2 is 1.91 bits per heavy atom. The van der Waals surface area contributed by atoms with E-state index in [-0.39, 0.29) is 11.1 Å². The highest BCUT2D eigenvalue weighted by Crippen LogP contribution is 2.62. The zero-order chi connectivity index (χ0) is 24.5. The molecule has 2 saturated heterocycles. The fourth-order valence-electron chi connectivity index (χ4n) is 5.37. The topological polar surface area (TPSA) is 194 Å². The van der Waals surface area contributed by atoms with Crippen LogP contribution in [-0.4, -0.2) is 112 Å². The molecule has 5 aliphatic rings. The van der Waals surface area contributed by atoms with Crippen LogP contribution in [0.1, 0.15) is 6.92 Å². The van der Waals surface area contributed by atoms with E-state index in [4.69, 9.17) is 28.4 Å². The average Bonchev–Trinajstić information content (AvgIpc) is 3.48. The first-order valence-electron chi connectivity index (χ1n) is 10.8. The number of carbonyl (C=O) groups is 2. The molecule has 13 heteroatoms. The highest BCUT2D eigenvalue weighted by Gasteiger charge is 2.77. The molecule has 0 amide bonds. The smallest absolute Gasteiger partial charge is 0.337 e. The number of aliphatic hydroxyl groups is 5. The molecule has 188 valence electrons. The minimum Gasteiger partial charge on any atom is -0.471 e. The van der Waals surface area contributed by atoms with Crippen LogP contribution in [0.2, 0.25) is 0 Å². The van der Waals surface area contributed by atoms with Gasteiger partial charge in [0.1, 0.15) is 30.5 Å². The van der Waals surface area contributed by atoms with Crippen LogP contribution in [0.3, 0.4) is 0 Å². The van der Waals surface area contributed by atoms with E-state index in [2.05, 4.69) is 0 Å². The minimum atomic E-state index is -1.70. The van der Waals surface area contributed by atoms with E-state index >= 15 is 0 Å². The second-order valence-electron chi connectivity index (χ2n) is 8.99. The number of hydrogen-bond donors (Lipinski definition) is 5. The van der Waals surface area contributed by atoms with Crippen LogP contribution in [0.15, 0.2) is 23.5 Å². The van der Waals surface area contributed by atoms with E-state index in [0.29, 0.717) is 0 Å². The lowest BCUT2D eigenvalue weighted by Crippen LogP contribution is -2.61. The van der Waals surface area contributed by atoms with Crippen LogP contribution in [-0.2, 0) is 38.0 Å². The van der Waals surface area contributed by atoms with Gasteiger partial charge in [0, 0.05) is 5.92 Å². The maximum Gasteiger partial charge on any atom is 0.337 e. The minimum absolute atomic E-state index is 0.00987. The number of esters is 2. The van der Waals surface area contributed by atoms with Gasteiger partial charge in [-0.05, 0) is 13.0 Å². The maximum atomic E-state index is 12.5. The third-order valence-corrected chi connectivity index (χ3v) is 7.09. The molecule has 4 aliphatic heterocycles. The van der Waals surface area contributed by atoms with Crippen molar-refractivity contribution < 1.29 is 63.5 Å². The third-order valence-electron chi connectivity index (χ3n) is 7.09. The normalized spacial score (nSPS) is 47.7. The summed E-state index contributed by atoms with van der Waals surface area (Å²) in [6.45, 7) is 0.748. The Balaban J connectivity index is 1.50. The van der Waals surface area contributed by atoms with Gasteiger partial charge in [0.25, 0.3) is 0 Å². The van der Waals surface area contributed by atoms with E-state index < -0.39 is 91.3 Å². The first-order chi connectivity index (χ1) is 16.1. The van der Waals surface area contributed by atoms with Gasteiger partial charge in [-0.1, -0.05) is 0 Å². The zero-order valence-electron chi connectivity index (χ0n) is 18.2. The lowest BCUT2D eigenvalue weighted by molar-refractivity contribution is -0.347. The van der Waals surface area contributed by atoms with Crippen molar-refractivity contribution in [2.24, 2.45) is 11.8 Å². The van der Waals surface area contributed by atoms with Crippen molar-refractivity contribution in [3.63, 3.8) is 0 Å². The number of methoxy groups -OCH3 is 1. The lowest BCUT2D eigenvalue weighted by Gasteiger charge is -2.45. The Morgan fingerprint density at radius 3 is 2.53 bits per heavy atom. The van der Waals surface area contributed by atoms with Gasteiger partial charge in [0.05, 0.1) is 49.3 Å². The molecule has 5 rings (SSSR count). The average molecular weight is 486 g/mol. The molecule has 0 bridgehead atoms. The van der Waals surface area contributed by atoms with Gasteiger partial charge >= 0.3 is 11.9 Å². The number of rotatable bonds is 5. The quantitative estimate of drug-likeness (QED) is 0.193. The summed E-state index contributed by atoms with van der Waals surface area (Å²) in [6, 6.07) is 0. The number of fused-ring (bicyclic) bond motifs is 5. The molecule has 34 heavy (non-hydrogen) atoms. The summed E-state index contributed by atoms with van der Waals surface area (Å²) in [7, 11) is 1.20. The summed E-state index contributed by atoms with van der Waals surface area (Å²) < 4.78 is 33.2. The van der Waals surface area contributed by atoms with Crippen molar-refractivity contribution in [2.75, 3.05) is 13.7 Å². The molecule has 0 unspecified atom stereocenters. The Hall–Kier alpha value is -2.10. The van der Waals surface area contributed by atoms with Crippen LogP contribution >= 0.6 is 0 Å². The molecule has 0 aromatic heterocycles. The van der Waals surface area contributed by atoms with Gasteiger partial charge < -0.3 is 54.0 Å². The van der Waals surface area contributed by atoms with Crippen molar-refractivity contribution in [1.29, 1.82) is 0 Å². The molecule has 5 N–H and O–H groups in total. The third kappa shape index (κ3) is 3.31. The van der Waals surface area contributed by atoms with Crippen LogP contribution < -0.4 is 0 Å². The molecule has 0 aromatic carbocycles. The first kappa shape index (κ1) is 23.6. The van der Waals surface area contributed by atoms with E-state index in [1.165, 1.54) is 20.1 Å². The Labute approximate surface area is 193 Å². The highest BCUT2D eigenvalue weighted by atomic mass is 16.8. The molecule has 1 saturated carbocycles. The van der Waals surface area contributed by atoms with E-state index in [1.54, 1.807) is 0 Å². The largest absolute Gasteiger partial charge is 0.471 e. The molecule has 1 aliphatic carbocycles. The monoisotopic (exact) mass is 486 g/mol. The predicted octanol–water partition coefficient (Wildman–Crippen LogP) is -3.17. The van der Waals surface area contributed by atoms with Gasteiger partial charge in [0.2, 0.25) is 6.29 Å². The zero-order valence-corrected chi connectivity index (χ0v) is 18.2. The number of aliphatic hydroxyl groups excluding tert-OH is 5. The summed E-state index contributed by atoms with van der Waals surface area (Å²) in [5, 5.41) is 50.0. The molecule has 0 aromatic rings. The molecule has 0 radical (unpaired) electrons. The first-order valence-corrected chi connectivity index (χ1v) is 10.8. The number of hydrogen-bond acceptors (Lipinski definition) is 13. The van der Waals surface area contributed by atoms with Gasteiger partial charge in [-0.15, -0.1) is 0 Å². The molecular weight excluding hydrogens is 460 g/mol. The second-order valence-corrected chi connectivity index (χ2v) is 8.99. The summed E-state index contributed by atoms with van der Waals surface area (Å²) >= 11 is 0. The van der Waals surface area contributed by atoms with Crippen LogP contribution in [0.25, 0.3) is 0 Å². The molecule has 3 fully saturated rings. The van der Waals surface area contributed by atoms with Crippen molar-refractivity contribution in [3.8, 4) is 0 Å². The molecule has 12 atom stereocenters. The van der Waals surface area contributed by atoms with Crippen molar-refractivity contribution in [3.05, 3.63) is 23.5 Å². The van der Waals surface area contributed by atoms with Crippen molar-refractivity contribution in [2.45, 2.75) is 67.8 Å². The Kier molecular flexibility index (Phi) is 5.73. The standard InChI is InChI=1S/C21H26O13/c1-6(23)7-3-21(34-18(7)28)11-10(15-16(21)32-15)8(17(27)29-2)5-30-19(11)33-20-14(26)13(25)12(24)9(4-22)31-20/h3,5-6,9-16,19-20,22-26H,4H2,1-2H3/t6-,9+,10+,11+,12+,13-,14+,15-,16-,19-,20-,21+/m0/s1. The number of carbonyl (C=O) groups excluding carboxylic acids is 2. The van der Waals surface area contributed by atoms with Gasteiger partial charge in [-0.3, -0.25) is 0 Å². The van der Waals surface area contributed by atoms with Crippen LogP contribution in [0.4, 0.5) is 0 Å². The Bertz CT molecular complexity index is 928. The SMILES string of the molecule is COC(=O)C1=CO[C@@H](O[C@@H]2O[C@H](CO)[C@@H](O)[C@H](O)[C@H]2O)[C@H]2[C@@H]1[C@@H]1O[C@@H]1[C@@]21C=C([C@H](C)O)C(=O)O1. The summed E-state index contributed by atoms with van der Waals surface area (Å²) in [6.07, 6.45) is -8.77. The van der Waals surface area contributed by atoms with Gasteiger partial charge in [-0.25, -0.2) is 9.59 Å². The molecule has 1 spiro atoms. The highest BCUT2D eigenvalue weighted by molar-refractivity contribution is 5.93. The fourth-order valence-corrected chi connectivity index (χ4v) is 5.37. The van der Waals surface area contributed by atoms with E-state index in [0.717, 1.165) is 6.26 Å². The van der Waals surface area contributed by atoms with Gasteiger partial charge in [-0.2, -0.15) is 0 Å². The van der Waals surface area contributed by atoms with E-state index in [9.17, 15) is 35.1 Å². The van der Waals surface area contributed by atoms with Crippen molar-refractivity contribution >= 4 is 11.9 Å². The van der Waals surface area contributed by atoms with Crippen LogP contribution in [0, 0.1) is 11.8 Å². The number of ether oxygens (including phenoxy) is 6. The van der Waals surface area contributed by atoms with E-state index in [1.807, 2.05) is 0 Å². The lowest BCUT2D eigenvalue weighted by atomic mass is 9.78. The predicted molar refractivity (Wildman–Crippen MR) is 104 cm³/mol. The Morgan fingerprint density at radius 1 is 1.18 bits per heavy atom. The van der Waals surface area contributed by atoms with Crippen molar-refractivity contribution in [1.82, 2.24) is 0 Å². The van der Waals surface area contributed by atoms with Gasteiger partial charge in [0.15, 0.2) is 11.9 Å². The molecular formula is C21H26O13.